The highest BCUT2D eigenvalue weighted by Gasteiger charge is 2.31. The Morgan fingerprint density at radius 3 is 2.55 bits per heavy atom. The highest BCUT2D eigenvalue weighted by Crippen LogP contribution is 2.34. The summed E-state index contributed by atoms with van der Waals surface area (Å²) in [5.41, 5.74) is -0.602. The number of hydrogen-bond acceptors (Lipinski definition) is 2. The molecule has 0 spiro atoms. The first-order chi connectivity index (χ1) is 10.4. The maximum absolute atomic E-state index is 12.8. The zero-order chi connectivity index (χ0) is 15.9. The number of rotatable bonds is 1. The van der Waals surface area contributed by atoms with E-state index in [4.69, 9.17) is 0 Å². The first-order valence-corrected chi connectivity index (χ1v) is 7.02. The van der Waals surface area contributed by atoms with Gasteiger partial charge in [-0.25, -0.2) is 4.98 Å². The molecular formula is C15H8BrF3N2O. The number of para-hydroxylation sites is 1. The van der Waals surface area contributed by atoms with Gasteiger partial charge in [0.25, 0.3) is 5.56 Å². The Labute approximate surface area is 131 Å². The Kier molecular flexibility index (Phi) is 3.52. The van der Waals surface area contributed by atoms with E-state index in [1.807, 2.05) is 0 Å². The van der Waals surface area contributed by atoms with Crippen molar-refractivity contribution >= 4 is 26.8 Å². The second-order valence-corrected chi connectivity index (χ2v) is 5.48. The van der Waals surface area contributed by atoms with Crippen molar-refractivity contribution < 1.29 is 13.2 Å². The number of aromatic amines is 1. The number of nitrogens with one attached hydrogen (secondary N) is 1. The molecule has 0 aliphatic rings. The quantitative estimate of drug-likeness (QED) is 0.693. The van der Waals surface area contributed by atoms with Gasteiger partial charge in [-0.15, -0.1) is 0 Å². The monoisotopic (exact) mass is 368 g/mol. The molecule has 22 heavy (non-hydrogen) atoms. The summed E-state index contributed by atoms with van der Waals surface area (Å²) in [6, 6.07) is 9.85. The minimum atomic E-state index is -4.47. The fourth-order valence-electron chi connectivity index (χ4n) is 2.10. The van der Waals surface area contributed by atoms with Gasteiger partial charge in [0.2, 0.25) is 0 Å². The van der Waals surface area contributed by atoms with Crippen molar-refractivity contribution in [1.82, 2.24) is 9.97 Å². The van der Waals surface area contributed by atoms with Gasteiger partial charge in [0.15, 0.2) is 0 Å². The standard InChI is InChI=1S/C15H8BrF3N2O/c16-11-6-5-8(15(17,18)19)7-10(11)13-20-12-4-2-1-3-9(12)14(22)21-13/h1-7H,(H,20,21,22). The summed E-state index contributed by atoms with van der Waals surface area (Å²) in [5.74, 6) is 0.0849. The molecule has 0 aliphatic heterocycles. The molecule has 7 heteroatoms. The van der Waals surface area contributed by atoms with Crippen LogP contribution in [0.2, 0.25) is 0 Å². The van der Waals surface area contributed by atoms with Crippen LogP contribution in [-0.2, 0) is 6.18 Å². The second kappa shape index (κ2) is 5.24. The zero-order valence-electron chi connectivity index (χ0n) is 10.9. The van der Waals surface area contributed by atoms with Crippen LogP contribution in [0.5, 0.6) is 0 Å². The summed E-state index contributed by atoms with van der Waals surface area (Å²) in [6.07, 6.45) is -4.47. The molecule has 1 heterocycles. The van der Waals surface area contributed by atoms with Gasteiger partial charge >= 0.3 is 6.18 Å². The predicted octanol–water partition coefficient (Wildman–Crippen LogP) is 4.37. The minimum absolute atomic E-state index is 0.0849. The van der Waals surface area contributed by atoms with E-state index in [0.29, 0.717) is 15.4 Å². The number of fused-ring (bicyclic) bond motifs is 1. The molecule has 0 saturated carbocycles. The zero-order valence-corrected chi connectivity index (χ0v) is 12.5. The van der Waals surface area contributed by atoms with Gasteiger partial charge in [-0.05, 0) is 30.3 Å². The number of halogens is 4. The lowest BCUT2D eigenvalue weighted by atomic mass is 10.1. The Balaban J connectivity index is 2.25. The van der Waals surface area contributed by atoms with Gasteiger partial charge in [0.05, 0.1) is 16.5 Å². The molecule has 112 valence electrons. The minimum Gasteiger partial charge on any atom is -0.306 e. The van der Waals surface area contributed by atoms with Crippen LogP contribution in [0.15, 0.2) is 51.7 Å². The predicted molar refractivity (Wildman–Crippen MR) is 80.5 cm³/mol. The Hall–Kier alpha value is -2.15. The summed E-state index contributed by atoms with van der Waals surface area (Å²) in [4.78, 5) is 18.8. The number of aromatic nitrogens is 2. The van der Waals surface area contributed by atoms with E-state index in [1.165, 1.54) is 6.07 Å². The van der Waals surface area contributed by atoms with Gasteiger partial charge in [0, 0.05) is 10.0 Å². The molecule has 0 fully saturated rings. The SMILES string of the molecule is O=c1[nH]c(-c2cc(C(F)(F)F)ccc2Br)nc2ccccc12. The van der Waals surface area contributed by atoms with Crippen LogP contribution < -0.4 is 5.56 Å². The van der Waals surface area contributed by atoms with Gasteiger partial charge in [-0.3, -0.25) is 4.79 Å². The van der Waals surface area contributed by atoms with Crippen molar-refractivity contribution in [3.8, 4) is 11.4 Å². The summed E-state index contributed by atoms with van der Waals surface area (Å²) in [5, 5.41) is 0.384. The first-order valence-electron chi connectivity index (χ1n) is 6.22. The Morgan fingerprint density at radius 2 is 1.82 bits per heavy atom. The maximum atomic E-state index is 12.8. The lowest BCUT2D eigenvalue weighted by Crippen LogP contribution is -2.10. The summed E-state index contributed by atoms with van der Waals surface area (Å²) >= 11 is 3.19. The summed E-state index contributed by atoms with van der Waals surface area (Å²) in [7, 11) is 0. The van der Waals surface area contributed by atoms with Gasteiger partial charge in [-0.1, -0.05) is 28.1 Å². The molecule has 0 saturated heterocycles. The molecule has 3 rings (SSSR count). The van der Waals surface area contributed by atoms with Crippen LogP contribution >= 0.6 is 15.9 Å². The molecule has 0 unspecified atom stereocenters. The van der Waals surface area contributed by atoms with Crippen LogP contribution in [0.25, 0.3) is 22.3 Å². The highest BCUT2D eigenvalue weighted by molar-refractivity contribution is 9.10. The van der Waals surface area contributed by atoms with Crippen LogP contribution in [0.4, 0.5) is 13.2 Å². The lowest BCUT2D eigenvalue weighted by molar-refractivity contribution is -0.137. The first kappa shape index (κ1) is 14.8. The fraction of sp³-hybridized carbons (Fsp3) is 0.0667. The molecule has 0 amide bonds. The second-order valence-electron chi connectivity index (χ2n) is 4.62. The molecule has 1 N–H and O–H groups in total. The third kappa shape index (κ3) is 2.64. The van der Waals surface area contributed by atoms with E-state index >= 15 is 0 Å². The van der Waals surface area contributed by atoms with Crippen molar-refractivity contribution in [2.45, 2.75) is 6.18 Å². The normalized spacial score (nSPS) is 11.8. The average Bonchev–Trinajstić information content (AvgIpc) is 2.46. The van der Waals surface area contributed by atoms with Crippen molar-refractivity contribution in [3.05, 3.63) is 62.9 Å². The van der Waals surface area contributed by atoms with Gasteiger partial charge < -0.3 is 4.98 Å². The van der Waals surface area contributed by atoms with E-state index in [9.17, 15) is 18.0 Å². The van der Waals surface area contributed by atoms with Gasteiger partial charge in [-0.2, -0.15) is 13.2 Å². The van der Waals surface area contributed by atoms with E-state index in [1.54, 1.807) is 24.3 Å². The highest BCUT2D eigenvalue weighted by atomic mass is 79.9. The average molecular weight is 369 g/mol. The molecule has 2 aromatic carbocycles. The van der Waals surface area contributed by atoms with Crippen LogP contribution in [0.1, 0.15) is 5.56 Å². The number of H-pyrrole nitrogens is 1. The Morgan fingerprint density at radius 1 is 1.09 bits per heavy atom. The summed E-state index contributed by atoms with van der Waals surface area (Å²) in [6.45, 7) is 0. The van der Waals surface area contributed by atoms with Crippen molar-refractivity contribution in [3.63, 3.8) is 0 Å². The molecule has 1 aromatic heterocycles. The molecule has 3 nitrogen and oxygen atoms in total. The third-order valence-corrected chi connectivity index (χ3v) is 3.85. The van der Waals surface area contributed by atoms with Crippen LogP contribution in [0, 0.1) is 0 Å². The molecular weight excluding hydrogens is 361 g/mol. The van der Waals surface area contributed by atoms with E-state index < -0.39 is 17.3 Å². The van der Waals surface area contributed by atoms with Crippen LogP contribution in [-0.4, -0.2) is 9.97 Å². The smallest absolute Gasteiger partial charge is 0.306 e. The van der Waals surface area contributed by atoms with Crippen LogP contribution in [0.3, 0.4) is 0 Å². The summed E-state index contributed by atoms with van der Waals surface area (Å²) < 4.78 is 38.9. The number of hydrogen-bond donors (Lipinski definition) is 1. The van der Waals surface area contributed by atoms with E-state index in [0.717, 1.165) is 12.1 Å². The molecule has 0 atom stereocenters. The largest absolute Gasteiger partial charge is 0.416 e. The maximum Gasteiger partial charge on any atom is 0.416 e. The van der Waals surface area contributed by atoms with Gasteiger partial charge in [0.1, 0.15) is 5.82 Å². The molecule has 0 aliphatic carbocycles. The number of nitrogens with zero attached hydrogens (tertiary/aromatic N) is 1. The fourth-order valence-corrected chi connectivity index (χ4v) is 2.53. The van der Waals surface area contributed by atoms with E-state index in [2.05, 4.69) is 25.9 Å². The van der Waals surface area contributed by atoms with Crippen molar-refractivity contribution in [2.24, 2.45) is 0 Å². The van der Waals surface area contributed by atoms with Crippen molar-refractivity contribution in [1.29, 1.82) is 0 Å². The molecule has 3 aromatic rings. The molecule has 0 radical (unpaired) electrons. The lowest BCUT2D eigenvalue weighted by Gasteiger charge is -2.10. The third-order valence-electron chi connectivity index (χ3n) is 3.16. The van der Waals surface area contributed by atoms with E-state index in [-0.39, 0.29) is 11.4 Å². The number of benzene rings is 2. The number of alkyl halides is 3. The van der Waals surface area contributed by atoms with Crippen molar-refractivity contribution in [2.75, 3.05) is 0 Å². The molecule has 0 bridgehead atoms. The topological polar surface area (TPSA) is 45.8 Å². The Bertz CT molecular complexity index is 919.